The molecule has 0 spiro atoms. The van der Waals surface area contributed by atoms with Gasteiger partial charge in [0.2, 0.25) is 0 Å². The van der Waals surface area contributed by atoms with Gasteiger partial charge in [-0.25, -0.2) is 0 Å². The lowest BCUT2D eigenvalue weighted by Gasteiger charge is -2.44. The Balaban J connectivity index is 1.95. The Hall–Kier alpha value is -0.0800. The summed E-state index contributed by atoms with van der Waals surface area (Å²) in [5.74, 6) is 1.90. The Morgan fingerprint density at radius 2 is 2.05 bits per heavy atom. The van der Waals surface area contributed by atoms with Crippen LogP contribution in [0.2, 0.25) is 0 Å². The van der Waals surface area contributed by atoms with Gasteiger partial charge in [-0.2, -0.15) is 0 Å². The average Bonchev–Trinajstić information content (AvgIpc) is 3.19. The molecule has 2 saturated carbocycles. The van der Waals surface area contributed by atoms with Gasteiger partial charge in [0.25, 0.3) is 0 Å². The maximum atomic E-state index is 3.64. The molecule has 3 atom stereocenters. The molecule has 2 nitrogen and oxygen atoms in total. The Morgan fingerprint density at radius 3 is 2.63 bits per heavy atom. The van der Waals surface area contributed by atoms with E-state index in [4.69, 9.17) is 0 Å². The number of nitrogens with one attached hydrogen (secondary N) is 1. The van der Waals surface area contributed by atoms with Gasteiger partial charge >= 0.3 is 0 Å². The fourth-order valence-electron chi connectivity index (χ4n) is 4.13. The van der Waals surface area contributed by atoms with Crippen LogP contribution in [0.1, 0.15) is 59.3 Å². The highest BCUT2D eigenvalue weighted by molar-refractivity contribution is 4.92. The van der Waals surface area contributed by atoms with Crippen LogP contribution in [0, 0.1) is 17.3 Å². The van der Waals surface area contributed by atoms with Gasteiger partial charge < -0.3 is 10.2 Å². The van der Waals surface area contributed by atoms with Crippen molar-refractivity contribution >= 4 is 0 Å². The molecule has 2 aliphatic rings. The van der Waals surface area contributed by atoms with Crippen molar-refractivity contribution in [3.63, 3.8) is 0 Å². The lowest BCUT2D eigenvalue weighted by Crippen LogP contribution is -2.48. The first-order valence-electron chi connectivity index (χ1n) is 8.47. The zero-order chi connectivity index (χ0) is 13.9. The molecule has 2 heteroatoms. The van der Waals surface area contributed by atoms with Gasteiger partial charge in [-0.05, 0) is 63.5 Å². The number of rotatable bonds is 7. The lowest BCUT2D eigenvalue weighted by molar-refractivity contribution is 0.0717. The van der Waals surface area contributed by atoms with Crippen LogP contribution in [0.3, 0.4) is 0 Å². The van der Waals surface area contributed by atoms with E-state index < -0.39 is 0 Å². The third kappa shape index (κ3) is 4.19. The molecule has 0 aromatic rings. The van der Waals surface area contributed by atoms with Gasteiger partial charge in [0.05, 0.1) is 0 Å². The molecule has 0 heterocycles. The highest BCUT2D eigenvalue weighted by Gasteiger charge is 2.38. The molecule has 0 saturated heterocycles. The summed E-state index contributed by atoms with van der Waals surface area (Å²) in [6, 6.07) is 0.788. The summed E-state index contributed by atoms with van der Waals surface area (Å²) in [5, 5.41) is 3.64. The van der Waals surface area contributed by atoms with E-state index in [2.05, 4.69) is 38.0 Å². The van der Waals surface area contributed by atoms with E-state index in [1.54, 1.807) is 0 Å². The molecule has 112 valence electrons. The Labute approximate surface area is 120 Å². The van der Waals surface area contributed by atoms with Crippen LogP contribution in [-0.2, 0) is 0 Å². The third-order valence-corrected chi connectivity index (χ3v) is 5.52. The smallest absolute Gasteiger partial charge is 0.00923 e. The topological polar surface area (TPSA) is 15.3 Å². The molecule has 2 fully saturated rings. The second kappa shape index (κ2) is 6.58. The minimum absolute atomic E-state index is 0.533. The quantitative estimate of drug-likeness (QED) is 0.758. The van der Waals surface area contributed by atoms with E-state index >= 15 is 0 Å². The van der Waals surface area contributed by atoms with Crippen LogP contribution in [0.15, 0.2) is 0 Å². The minimum atomic E-state index is 0.533. The summed E-state index contributed by atoms with van der Waals surface area (Å²) >= 11 is 0. The standard InChI is InChI=1S/C17H34N2/c1-5-18-12-17(10-6-7-14(2)11-17)13-19(4)15(3)16-8-9-16/h14-16,18H,5-13H2,1-4H3. The van der Waals surface area contributed by atoms with E-state index in [9.17, 15) is 0 Å². The molecule has 2 rings (SSSR count). The van der Waals surface area contributed by atoms with Crippen molar-refractivity contribution in [2.75, 3.05) is 26.7 Å². The van der Waals surface area contributed by atoms with E-state index in [1.807, 2.05) is 0 Å². The van der Waals surface area contributed by atoms with Crippen LogP contribution >= 0.6 is 0 Å². The number of hydrogen-bond donors (Lipinski definition) is 1. The van der Waals surface area contributed by atoms with Gasteiger partial charge in [-0.1, -0.05) is 26.7 Å². The Kier molecular flexibility index (Phi) is 5.30. The van der Waals surface area contributed by atoms with Gasteiger partial charge in [0, 0.05) is 19.1 Å². The minimum Gasteiger partial charge on any atom is -0.316 e. The van der Waals surface area contributed by atoms with Gasteiger partial charge in [0.1, 0.15) is 0 Å². The van der Waals surface area contributed by atoms with Crippen molar-refractivity contribution in [3.05, 3.63) is 0 Å². The fourth-order valence-corrected chi connectivity index (χ4v) is 4.13. The summed E-state index contributed by atoms with van der Waals surface area (Å²) in [6.07, 6.45) is 8.63. The average molecular weight is 266 g/mol. The maximum Gasteiger partial charge on any atom is 0.00923 e. The zero-order valence-electron chi connectivity index (χ0n) is 13.5. The molecular weight excluding hydrogens is 232 g/mol. The second-order valence-corrected chi connectivity index (χ2v) is 7.48. The van der Waals surface area contributed by atoms with Crippen molar-refractivity contribution < 1.29 is 0 Å². The largest absolute Gasteiger partial charge is 0.316 e. The molecule has 0 bridgehead atoms. The van der Waals surface area contributed by atoms with E-state index in [0.717, 1.165) is 24.4 Å². The van der Waals surface area contributed by atoms with Crippen molar-refractivity contribution in [2.24, 2.45) is 17.3 Å². The third-order valence-electron chi connectivity index (χ3n) is 5.52. The van der Waals surface area contributed by atoms with Crippen LogP contribution in [0.5, 0.6) is 0 Å². The second-order valence-electron chi connectivity index (χ2n) is 7.48. The van der Waals surface area contributed by atoms with Gasteiger partial charge in [-0.3, -0.25) is 0 Å². The molecule has 1 N–H and O–H groups in total. The maximum absolute atomic E-state index is 3.64. The molecule has 2 aliphatic carbocycles. The van der Waals surface area contributed by atoms with E-state index in [-0.39, 0.29) is 0 Å². The fraction of sp³-hybridized carbons (Fsp3) is 1.00. The summed E-state index contributed by atoms with van der Waals surface area (Å²) < 4.78 is 0. The van der Waals surface area contributed by atoms with Crippen molar-refractivity contribution in [3.8, 4) is 0 Å². The van der Waals surface area contributed by atoms with Gasteiger partial charge in [-0.15, -0.1) is 0 Å². The number of nitrogens with zero attached hydrogens (tertiary/aromatic N) is 1. The van der Waals surface area contributed by atoms with Crippen LogP contribution < -0.4 is 5.32 Å². The monoisotopic (exact) mass is 266 g/mol. The SMILES string of the molecule is CCNCC1(CN(C)C(C)C2CC2)CCCC(C)C1. The highest BCUT2D eigenvalue weighted by atomic mass is 15.1. The van der Waals surface area contributed by atoms with Gasteiger partial charge in [0.15, 0.2) is 0 Å². The van der Waals surface area contributed by atoms with E-state index in [1.165, 1.54) is 51.6 Å². The Bertz CT molecular complexity index is 274. The first kappa shape index (κ1) is 15.3. The molecule has 19 heavy (non-hydrogen) atoms. The first-order chi connectivity index (χ1) is 9.06. The van der Waals surface area contributed by atoms with Crippen molar-refractivity contribution in [1.82, 2.24) is 10.2 Å². The summed E-state index contributed by atoms with van der Waals surface area (Å²) in [7, 11) is 2.36. The lowest BCUT2D eigenvalue weighted by atomic mass is 9.69. The summed E-state index contributed by atoms with van der Waals surface area (Å²) in [5.41, 5.74) is 0.533. The zero-order valence-corrected chi connectivity index (χ0v) is 13.5. The predicted molar refractivity (Wildman–Crippen MR) is 83.4 cm³/mol. The summed E-state index contributed by atoms with van der Waals surface area (Å²) in [6.45, 7) is 10.7. The molecule has 0 amide bonds. The molecule has 0 aliphatic heterocycles. The Morgan fingerprint density at radius 1 is 1.32 bits per heavy atom. The molecule has 3 unspecified atom stereocenters. The highest BCUT2D eigenvalue weighted by Crippen LogP contribution is 2.41. The molecule has 0 aromatic heterocycles. The summed E-state index contributed by atoms with van der Waals surface area (Å²) in [4.78, 5) is 2.66. The van der Waals surface area contributed by atoms with Crippen LogP contribution in [0.25, 0.3) is 0 Å². The van der Waals surface area contributed by atoms with E-state index in [0.29, 0.717) is 5.41 Å². The van der Waals surface area contributed by atoms with Crippen molar-refractivity contribution in [1.29, 1.82) is 0 Å². The first-order valence-corrected chi connectivity index (χ1v) is 8.47. The number of hydrogen-bond acceptors (Lipinski definition) is 2. The molecule has 0 aromatic carbocycles. The van der Waals surface area contributed by atoms with Crippen LogP contribution in [0.4, 0.5) is 0 Å². The van der Waals surface area contributed by atoms with Crippen molar-refractivity contribution in [2.45, 2.75) is 65.3 Å². The normalized spacial score (nSPS) is 33.6. The molecule has 0 radical (unpaired) electrons. The predicted octanol–water partition coefficient (Wildman–Crippen LogP) is 3.52. The molecular formula is C17H34N2. The van der Waals surface area contributed by atoms with Crippen LogP contribution in [-0.4, -0.2) is 37.6 Å².